The minimum absolute atomic E-state index is 0.253. The predicted molar refractivity (Wildman–Crippen MR) is 82.4 cm³/mol. The van der Waals surface area contributed by atoms with Crippen LogP contribution in [0, 0.1) is 0 Å². The van der Waals surface area contributed by atoms with Gasteiger partial charge in [0.15, 0.2) is 0 Å². The number of halogens is 3. The van der Waals surface area contributed by atoms with Crippen LogP contribution in [0.25, 0.3) is 11.1 Å². The van der Waals surface area contributed by atoms with E-state index in [9.17, 15) is 0 Å². The molecule has 1 nitrogen and oxygen atoms in total. The lowest BCUT2D eigenvalue weighted by atomic mass is 9.94. The van der Waals surface area contributed by atoms with Crippen molar-refractivity contribution >= 4 is 34.8 Å². The van der Waals surface area contributed by atoms with Crippen molar-refractivity contribution in [2.24, 2.45) is 5.73 Å². The first kappa shape index (κ1) is 13.3. The highest BCUT2D eigenvalue weighted by atomic mass is 35.5. The molecule has 19 heavy (non-hydrogen) atoms. The van der Waals surface area contributed by atoms with Gasteiger partial charge in [0.25, 0.3) is 0 Å². The molecule has 1 atom stereocenters. The number of rotatable bonds is 2. The van der Waals surface area contributed by atoms with E-state index in [1.807, 2.05) is 30.3 Å². The minimum Gasteiger partial charge on any atom is -0.330 e. The smallest absolute Gasteiger partial charge is 0.0673 e. The van der Waals surface area contributed by atoms with E-state index in [1.165, 1.54) is 11.1 Å². The van der Waals surface area contributed by atoms with Crippen molar-refractivity contribution in [3.63, 3.8) is 0 Å². The molecule has 98 valence electrons. The van der Waals surface area contributed by atoms with E-state index < -0.39 is 0 Å². The molecule has 0 aromatic heterocycles. The number of hydrogen-bond acceptors (Lipinski definition) is 1. The van der Waals surface area contributed by atoms with Crippen LogP contribution in [0.15, 0.2) is 30.3 Å². The van der Waals surface area contributed by atoms with Crippen molar-refractivity contribution in [2.45, 2.75) is 12.3 Å². The maximum absolute atomic E-state index is 6.38. The topological polar surface area (TPSA) is 26.0 Å². The van der Waals surface area contributed by atoms with Gasteiger partial charge in [-0.3, -0.25) is 0 Å². The molecule has 0 spiro atoms. The van der Waals surface area contributed by atoms with Crippen LogP contribution in [0.1, 0.15) is 23.5 Å². The lowest BCUT2D eigenvalue weighted by Gasteiger charge is -2.12. The minimum atomic E-state index is 0.253. The summed E-state index contributed by atoms with van der Waals surface area (Å²) in [6, 6.07) is 9.78. The molecule has 4 heteroatoms. The summed E-state index contributed by atoms with van der Waals surface area (Å²) in [5.74, 6) is 0.253. The molecule has 0 aliphatic heterocycles. The summed E-state index contributed by atoms with van der Waals surface area (Å²) in [7, 11) is 0. The van der Waals surface area contributed by atoms with Gasteiger partial charge in [-0.2, -0.15) is 0 Å². The summed E-state index contributed by atoms with van der Waals surface area (Å²) in [4.78, 5) is 0. The summed E-state index contributed by atoms with van der Waals surface area (Å²) in [5.41, 5.74) is 10.3. The highest BCUT2D eigenvalue weighted by molar-refractivity contribution is 6.44. The zero-order chi connectivity index (χ0) is 13.6. The number of hydrogen-bond donors (Lipinski definition) is 1. The molecular formula is C15H12Cl3N. The second kappa shape index (κ2) is 4.99. The van der Waals surface area contributed by atoms with Crippen molar-refractivity contribution < 1.29 is 0 Å². The van der Waals surface area contributed by atoms with Crippen molar-refractivity contribution in [3.8, 4) is 11.1 Å². The Hall–Kier alpha value is -0.730. The summed E-state index contributed by atoms with van der Waals surface area (Å²) in [6.07, 6.45) is 0.873. The second-order valence-electron chi connectivity index (χ2n) is 4.69. The summed E-state index contributed by atoms with van der Waals surface area (Å²) < 4.78 is 0. The molecule has 3 rings (SSSR count). The van der Waals surface area contributed by atoms with Crippen LogP contribution in [-0.2, 0) is 0 Å². The molecule has 0 bridgehead atoms. The quantitative estimate of drug-likeness (QED) is 0.819. The highest BCUT2D eigenvalue weighted by Gasteiger charge is 2.30. The van der Waals surface area contributed by atoms with Gasteiger partial charge in [-0.05, 0) is 47.9 Å². The van der Waals surface area contributed by atoms with Crippen LogP contribution < -0.4 is 5.73 Å². The van der Waals surface area contributed by atoms with Gasteiger partial charge < -0.3 is 5.73 Å². The van der Waals surface area contributed by atoms with Gasteiger partial charge in [0.05, 0.1) is 10.0 Å². The van der Waals surface area contributed by atoms with Crippen LogP contribution in [0.2, 0.25) is 15.1 Å². The third-order valence-electron chi connectivity index (χ3n) is 3.62. The number of fused-ring (bicyclic) bond motifs is 3. The molecule has 0 saturated heterocycles. The molecule has 2 N–H and O–H groups in total. The van der Waals surface area contributed by atoms with Crippen LogP contribution in [0.4, 0.5) is 0 Å². The lowest BCUT2D eigenvalue weighted by molar-refractivity contribution is 0.741. The van der Waals surface area contributed by atoms with Crippen LogP contribution in [-0.4, -0.2) is 6.54 Å². The van der Waals surface area contributed by atoms with Crippen molar-refractivity contribution in [3.05, 3.63) is 56.5 Å². The van der Waals surface area contributed by atoms with Gasteiger partial charge in [-0.25, -0.2) is 0 Å². The summed E-state index contributed by atoms with van der Waals surface area (Å²) in [5, 5.41) is 1.92. The standard InChI is InChI=1S/C15H12Cl3N/c16-8-1-2-11-12(7-8)9(5-6-19)10-3-4-13(17)15(18)14(10)11/h1-4,7,9H,5-6,19H2. The Morgan fingerprint density at radius 1 is 1.00 bits per heavy atom. The average molecular weight is 313 g/mol. The van der Waals surface area contributed by atoms with E-state index in [0.717, 1.165) is 22.6 Å². The van der Waals surface area contributed by atoms with Crippen LogP contribution >= 0.6 is 34.8 Å². The SMILES string of the molecule is NCCC1c2cc(Cl)ccc2-c2c1ccc(Cl)c2Cl. The Balaban J connectivity index is 2.29. The zero-order valence-electron chi connectivity index (χ0n) is 10.1. The Labute approximate surface area is 127 Å². The largest absolute Gasteiger partial charge is 0.330 e. The molecule has 0 fully saturated rings. The highest BCUT2D eigenvalue weighted by Crippen LogP contribution is 2.51. The molecule has 2 aromatic carbocycles. The Morgan fingerprint density at radius 2 is 1.79 bits per heavy atom. The summed E-state index contributed by atoms with van der Waals surface area (Å²) in [6.45, 7) is 0.621. The fraction of sp³-hybridized carbons (Fsp3) is 0.200. The lowest BCUT2D eigenvalue weighted by Crippen LogP contribution is -2.06. The van der Waals surface area contributed by atoms with Crippen molar-refractivity contribution in [2.75, 3.05) is 6.54 Å². The van der Waals surface area contributed by atoms with E-state index in [0.29, 0.717) is 16.6 Å². The maximum atomic E-state index is 6.38. The molecular weight excluding hydrogens is 301 g/mol. The fourth-order valence-electron chi connectivity index (χ4n) is 2.82. The molecule has 0 heterocycles. The fourth-order valence-corrected chi connectivity index (χ4v) is 3.44. The maximum Gasteiger partial charge on any atom is 0.0673 e. The van der Waals surface area contributed by atoms with Gasteiger partial charge in [0, 0.05) is 16.5 Å². The van der Waals surface area contributed by atoms with E-state index in [-0.39, 0.29) is 5.92 Å². The van der Waals surface area contributed by atoms with E-state index in [4.69, 9.17) is 40.5 Å². The molecule has 1 aliphatic carbocycles. The van der Waals surface area contributed by atoms with Gasteiger partial charge in [0.2, 0.25) is 0 Å². The van der Waals surface area contributed by atoms with E-state index in [1.54, 1.807) is 0 Å². The number of benzene rings is 2. The zero-order valence-corrected chi connectivity index (χ0v) is 12.4. The monoisotopic (exact) mass is 311 g/mol. The van der Waals surface area contributed by atoms with Crippen molar-refractivity contribution in [1.82, 2.24) is 0 Å². The Morgan fingerprint density at radius 3 is 2.53 bits per heavy atom. The van der Waals surface area contributed by atoms with Gasteiger partial charge in [0.1, 0.15) is 0 Å². The molecule has 0 radical (unpaired) electrons. The molecule has 0 amide bonds. The predicted octanol–water partition coefficient (Wildman–Crippen LogP) is 5.11. The van der Waals surface area contributed by atoms with Gasteiger partial charge in [-0.15, -0.1) is 0 Å². The Bertz CT molecular complexity index is 652. The normalized spacial score (nSPS) is 16.3. The van der Waals surface area contributed by atoms with E-state index >= 15 is 0 Å². The molecule has 0 saturated carbocycles. The number of nitrogens with two attached hydrogens (primary N) is 1. The second-order valence-corrected chi connectivity index (χ2v) is 5.91. The first-order valence-electron chi connectivity index (χ1n) is 6.11. The average Bonchev–Trinajstić information content (AvgIpc) is 2.69. The first-order valence-corrected chi connectivity index (χ1v) is 7.24. The van der Waals surface area contributed by atoms with Crippen LogP contribution in [0.5, 0.6) is 0 Å². The summed E-state index contributed by atoms with van der Waals surface area (Å²) >= 11 is 18.6. The van der Waals surface area contributed by atoms with E-state index in [2.05, 4.69) is 0 Å². The third kappa shape index (κ3) is 2.05. The third-order valence-corrected chi connectivity index (χ3v) is 4.66. The first-order chi connectivity index (χ1) is 9.13. The van der Waals surface area contributed by atoms with Crippen molar-refractivity contribution in [1.29, 1.82) is 0 Å². The Kier molecular flexibility index (Phi) is 3.48. The van der Waals surface area contributed by atoms with Gasteiger partial charge in [-0.1, -0.05) is 46.9 Å². The molecule has 1 aliphatic rings. The van der Waals surface area contributed by atoms with Crippen LogP contribution in [0.3, 0.4) is 0 Å². The molecule has 2 aromatic rings. The molecule has 1 unspecified atom stereocenters. The van der Waals surface area contributed by atoms with Gasteiger partial charge >= 0.3 is 0 Å².